The van der Waals surface area contributed by atoms with E-state index in [2.05, 4.69) is 46.1 Å². The first-order valence-electron chi connectivity index (χ1n) is 8.06. The van der Waals surface area contributed by atoms with Gasteiger partial charge in [-0.1, -0.05) is 29.8 Å². The number of fused-ring (bicyclic) bond motifs is 3. The lowest BCUT2D eigenvalue weighted by Crippen LogP contribution is -2.52. The molecular formula is C18H21N3O. The second-order valence-corrected chi connectivity index (χ2v) is 6.41. The molecule has 3 fully saturated rings. The third-order valence-electron chi connectivity index (χ3n) is 4.87. The van der Waals surface area contributed by atoms with Crippen molar-refractivity contribution >= 4 is 0 Å². The number of ether oxygens (including phenoxy) is 1. The highest BCUT2D eigenvalue weighted by molar-refractivity contribution is 5.61. The molecule has 3 aliphatic rings. The fourth-order valence-electron chi connectivity index (χ4n) is 3.45. The molecule has 3 saturated heterocycles. The molecule has 0 spiro atoms. The molecule has 1 aromatic heterocycles. The van der Waals surface area contributed by atoms with Crippen LogP contribution in [0.4, 0.5) is 0 Å². The van der Waals surface area contributed by atoms with Gasteiger partial charge in [0, 0.05) is 24.5 Å². The highest BCUT2D eigenvalue weighted by Gasteiger charge is 2.35. The summed E-state index contributed by atoms with van der Waals surface area (Å²) in [5.41, 5.74) is 3.42. The van der Waals surface area contributed by atoms with E-state index in [1.807, 2.05) is 12.4 Å². The molecule has 1 aromatic carbocycles. The van der Waals surface area contributed by atoms with Crippen molar-refractivity contribution in [2.75, 3.05) is 19.6 Å². The Balaban J connectivity index is 1.46. The molecule has 0 N–H and O–H groups in total. The number of piperidine rings is 3. The summed E-state index contributed by atoms with van der Waals surface area (Å²) in [6.45, 7) is 5.55. The fourth-order valence-corrected chi connectivity index (χ4v) is 3.45. The lowest BCUT2D eigenvalue weighted by molar-refractivity contribution is -0.0123. The Bertz CT molecular complexity index is 630. The molecule has 4 nitrogen and oxygen atoms in total. The summed E-state index contributed by atoms with van der Waals surface area (Å²) in [4.78, 5) is 11.3. The van der Waals surface area contributed by atoms with Gasteiger partial charge in [0.2, 0.25) is 0 Å². The molecule has 0 amide bonds. The van der Waals surface area contributed by atoms with Crippen molar-refractivity contribution in [3.8, 4) is 17.1 Å². The molecule has 2 aromatic rings. The highest BCUT2D eigenvalue weighted by Crippen LogP contribution is 2.30. The van der Waals surface area contributed by atoms with Gasteiger partial charge in [0.15, 0.2) is 0 Å². The Morgan fingerprint density at radius 2 is 1.68 bits per heavy atom. The first-order valence-corrected chi connectivity index (χ1v) is 8.06. The zero-order valence-corrected chi connectivity index (χ0v) is 12.9. The number of benzene rings is 1. The highest BCUT2D eigenvalue weighted by atomic mass is 16.5. The van der Waals surface area contributed by atoms with E-state index in [0.29, 0.717) is 11.9 Å². The number of hydrogen-bond acceptors (Lipinski definition) is 4. The van der Waals surface area contributed by atoms with E-state index in [1.54, 1.807) is 0 Å². The van der Waals surface area contributed by atoms with Crippen molar-refractivity contribution < 1.29 is 4.74 Å². The van der Waals surface area contributed by atoms with Crippen molar-refractivity contribution in [2.45, 2.75) is 25.9 Å². The maximum Gasteiger partial charge on any atom is 0.316 e. The molecule has 4 heterocycles. The number of hydrogen-bond donors (Lipinski definition) is 0. The molecule has 5 rings (SSSR count). The standard InChI is InChI=1S/C18H21N3O/c1-13-2-4-14(5-3-13)16-10-19-18(20-11-16)22-17-12-21-8-6-15(17)7-9-21/h2-5,10-11,15,17H,6-9,12H2,1H3/t17-/m0/s1. The Morgan fingerprint density at radius 1 is 1.00 bits per heavy atom. The normalized spacial score (nSPS) is 26.9. The van der Waals surface area contributed by atoms with Crippen LogP contribution in [0, 0.1) is 12.8 Å². The second kappa shape index (κ2) is 5.69. The SMILES string of the molecule is Cc1ccc(-c2cnc(O[C@H]3CN4CCC3CC4)nc2)cc1. The quantitative estimate of drug-likeness (QED) is 0.872. The summed E-state index contributed by atoms with van der Waals surface area (Å²) in [5.74, 6) is 0.672. The lowest BCUT2D eigenvalue weighted by Gasteiger charge is -2.43. The smallest absolute Gasteiger partial charge is 0.316 e. The Hall–Kier alpha value is -1.94. The minimum Gasteiger partial charge on any atom is -0.458 e. The van der Waals surface area contributed by atoms with E-state index in [1.165, 1.54) is 31.5 Å². The van der Waals surface area contributed by atoms with E-state index < -0.39 is 0 Å². The molecule has 4 heteroatoms. The van der Waals surface area contributed by atoms with Gasteiger partial charge in [0.05, 0.1) is 0 Å². The summed E-state index contributed by atoms with van der Waals surface area (Å²) in [5, 5.41) is 0. The minimum atomic E-state index is 0.257. The molecular weight excluding hydrogens is 274 g/mol. The van der Waals surface area contributed by atoms with Crippen LogP contribution in [-0.4, -0.2) is 40.6 Å². The number of rotatable bonds is 3. The van der Waals surface area contributed by atoms with E-state index in [-0.39, 0.29) is 6.10 Å². The molecule has 0 unspecified atom stereocenters. The third kappa shape index (κ3) is 2.71. The number of aryl methyl sites for hydroxylation is 1. The minimum absolute atomic E-state index is 0.257. The predicted molar refractivity (Wildman–Crippen MR) is 85.8 cm³/mol. The summed E-state index contributed by atoms with van der Waals surface area (Å²) in [7, 11) is 0. The van der Waals surface area contributed by atoms with E-state index >= 15 is 0 Å². The third-order valence-corrected chi connectivity index (χ3v) is 4.87. The molecule has 0 saturated carbocycles. The van der Waals surface area contributed by atoms with Crippen molar-refractivity contribution in [1.82, 2.24) is 14.9 Å². The van der Waals surface area contributed by atoms with Gasteiger partial charge in [0.1, 0.15) is 6.10 Å². The zero-order chi connectivity index (χ0) is 14.9. The van der Waals surface area contributed by atoms with Crippen LogP contribution >= 0.6 is 0 Å². The number of nitrogens with zero attached hydrogens (tertiary/aromatic N) is 3. The lowest BCUT2D eigenvalue weighted by atomic mass is 9.86. The summed E-state index contributed by atoms with van der Waals surface area (Å²) < 4.78 is 6.04. The fraction of sp³-hybridized carbons (Fsp3) is 0.444. The van der Waals surface area contributed by atoms with Gasteiger partial charge in [-0.15, -0.1) is 0 Å². The van der Waals surface area contributed by atoms with Crippen LogP contribution in [0.1, 0.15) is 18.4 Å². The first-order chi connectivity index (χ1) is 10.8. The molecule has 114 valence electrons. The molecule has 0 radical (unpaired) electrons. The maximum atomic E-state index is 6.04. The van der Waals surface area contributed by atoms with E-state index in [9.17, 15) is 0 Å². The van der Waals surface area contributed by atoms with Crippen LogP contribution in [0.25, 0.3) is 11.1 Å². The van der Waals surface area contributed by atoms with Crippen LogP contribution in [0.5, 0.6) is 6.01 Å². The zero-order valence-electron chi connectivity index (χ0n) is 12.9. The van der Waals surface area contributed by atoms with Crippen LogP contribution in [0.3, 0.4) is 0 Å². The molecule has 0 aliphatic carbocycles. The maximum absolute atomic E-state index is 6.04. The molecule has 2 bridgehead atoms. The van der Waals surface area contributed by atoms with Crippen LogP contribution in [-0.2, 0) is 0 Å². The Kier molecular flexibility index (Phi) is 3.54. The largest absolute Gasteiger partial charge is 0.458 e. The van der Waals surface area contributed by atoms with Gasteiger partial charge in [-0.05, 0) is 44.3 Å². The van der Waals surface area contributed by atoms with Gasteiger partial charge in [-0.3, -0.25) is 4.90 Å². The second-order valence-electron chi connectivity index (χ2n) is 6.41. The monoisotopic (exact) mass is 295 g/mol. The average Bonchev–Trinajstić information content (AvgIpc) is 2.58. The van der Waals surface area contributed by atoms with E-state index in [4.69, 9.17) is 4.74 Å². The van der Waals surface area contributed by atoms with Crippen molar-refractivity contribution in [1.29, 1.82) is 0 Å². The van der Waals surface area contributed by atoms with Crippen LogP contribution in [0.15, 0.2) is 36.7 Å². The van der Waals surface area contributed by atoms with Crippen molar-refractivity contribution in [2.24, 2.45) is 5.92 Å². The van der Waals surface area contributed by atoms with Crippen LogP contribution in [0.2, 0.25) is 0 Å². The molecule has 22 heavy (non-hydrogen) atoms. The average molecular weight is 295 g/mol. The van der Waals surface area contributed by atoms with Gasteiger partial charge in [0.25, 0.3) is 0 Å². The summed E-state index contributed by atoms with van der Waals surface area (Å²) >= 11 is 0. The molecule has 1 atom stereocenters. The van der Waals surface area contributed by atoms with Gasteiger partial charge < -0.3 is 4.74 Å². The Labute approximate surface area is 131 Å². The molecule has 3 aliphatic heterocycles. The van der Waals surface area contributed by atoms with Gasteiger partial charge >= 0.3 is 6.01 Å². The van der Waals surface area contributed by atoms with Crippen LogP contribution < -0.4 is 4.74 Å². The summed E-state index contributed by atoms with van der Waals surface area (Å²) in [6, 6.07) is 8.92. The Morgan fingerprint density at radius 3 is 2.27 bits per heavy atom. The predicted octanol–water partition coefficient (Wildman–Crippen LogP) is 2.93. The summed E-state index contributed by atoms with van der Waals surface area (Å²) in [6.07, 6.45) is 6.45. The topological polar surface area (TPSA) is 38.2 Å². The number of aromatic nitrogens is 2. The van der Waals surface area contributed by atoms with Gasteiger partial charge in [-0.25, -0.2) is 9.97 Å². The van der Waals surface area contributed by atoms with Gasteiger partial charge in [-0.2, -0.15) is 0 Å². The van der Waals surface area contributed by atoms with E-state index in [0.717, 1.165) is 17.7 Å². The van der Waals surface area contributed by atoms with Crippen molar-refractivity contribution in [3.05, 3.63) is 42.2 Å². The van der Waals surface area contributed by atoms with Crippen molar-refractivity contribution in [3.63, 3.8) is 0 Å². The first kappa shape index (κ1) is 13.7.